The summed E-state index contributed by atoms with van der Waals surface area (Å²) in [7, 11) is 0. The maximum Gasteiger partial charge on any atom is 0.247 e. The lowest BCUT2D eigenvalue weighted by Crippen LogP contribution is -2.51. The number of rotatable bonds is 3. The largest absolute Gasteiger partial charge is 0.462 e. The summed E-state index contributed by atoms with van der Waals surface area (Å²) in [5.74, 6) is 1.38. The number of carbonyl (C=O) groups excluding carboxylic acids is 1. The van der Waals surface area contributed by atoms with Gasteiger partial charge in [0.05, 0.1) is 25.4 Å². The van der Waals surface area contributed by atoms with Crippen molar-refractivity contribution < 1.29 is 19.1 Å². The van der Waals surface area contributed by atoms with Gasteiger partial charge >= 0.3 is 0 Å². The standard InChI is InChI=1S/C14H19NO4/c1-10-9-18-13(8-16)7-15(10)14(17)6-5-12-4-3-11(2)19-12/h3-6,10,13,16H,7-9H2,1-2H3/b6-5+. The van der Waals surface area contributed by atoms with Crippen LogP contribution in [-0.4, -0.2) is 47.8 Å². The number of aliphatic hydroxyl groups is 1. The lowest BCUT2D eigenvalue weighted by molar-refractivity contribution is -0.140. The van der Waals surface area contributed by atoms with Gasteiger partial charge in [-0.25, -0.2) is 0 Å². The molecule has 0 radical (unpaired) electrons. The third-order valence-electron chi connectivity index (χ3n) is 3.14. The fraction of sp³-hybridized carbons (Fsp3) is 0.500. The molecule has 2 atom stereocenters. The number of amides is 1. The molecule has 104 valence electrons. The number of aliphatic hydroxyl groups excluding tert-OH is 1. The van der Waals surface area contributed by atoms with Crippen molar-refractivity contribution in [2.75, 3.05) is 19.8 Å². The topological polar surface area (TPSA) is 62.9 Å². The van der Waals surface area contributed by atoms with Crippen LogP contribution in [0.4, 0.5) is 0 Å². The molecule has 1 amide bonds. The second kappa shape index (κ2) is 6.04. The molecule has 0 bridgehead atoms. The molecule has 1 aliphatic heterocycles. The van der Waals surface area contributed by atoms with E-state index < -0.39 is 0 Å². The van der Waals surface area contributed by atoms with Gasteiger partial charge in [-0.2, -0.15) is 0 Å². The quantitative estimate of drug-likeness (QED) is 0.834. The first kappa shape index (κ1) is 13.8. The molecule has 1 N–H and O–H groups in total. The molecule has 0 aromatic carbocycles. The van der Waals surface area contributed by atoms with Crippen molar-refractivity contribution in [3.63, 3.8) is 0 Å². The minimum atomic E-state index is -0.292. The van der Waals surface area contributed by atoms with E-state index in [0.717, 1.165) is 5.76 Å². The Hall–Kier alpha value is -1.59. The SMILES string of the molecule is Cc1ccc(/C=C/C(=O)N2CC(CO)OCC2C)o1. The van der Waals surface area contributed by atoms with Crippen LogP contribution in [0.3, 0.4) is 0 Å². The maximum absolute atomic E-state index is 12.1. The average molecular weight is 265 g/mol. The van der Waals surface area contributed by atoms with E-state index in [4.69, 9.17) is 14.3 Å². The highest BCUT2D eigenvalue weighted by molar-refractivity contribution is 5.91. The van der Waals surface area contributed by atoms with Crippen molar-refractivity contribution in [2.45, 2.75) is 26.0 Å². The zero-order valence-electron chi connectivity index (χ0n) is 11.2. The fourth-order valence-corrected chi connectivity index (χ4v) is 2.03. The summed E-state index contributed by atoms with van der Waals surface area (Å²) in [6.45, 7) is 4.58. The van der Waals surface area contributed by atoms with Crippen LogP contribution in [-0.2, 0) is 9.53 Å². The van der Waals surface area contributed by atoms with Crippen LogP contribution in [0.5, 0.6) is 0 Å². The Morgan fingerprint density at radius 2 is 2.37 bits per heavy atom. The zero-order chi connectivity index (χ0) is 13.8. The summed E-state index contributed by atoms with van der Waals surface area (Å²) < 4.78 is 10.8. The molecule has 1 aromatic heterocycles. The average Bonchev–Trinajstić information content (AvgIpc) is 2.82. The highest BCUT2D eigenvalue weighted by atomic mass is 16.5. The first-order valence-corrected chi connectivity index (χ1v) is 6.37. The number of hydrogen-bond donors (Lipinski definition) is 1. The number of hydrogen-bond acceptors (Lipinski definition) is 4. The van der Waals surface area contributed by atoms with Crippen LogP contribution < -0.4 is 0 Å². The Morgan fingerprint density at radius 1 is 1.58 bits per heavy atom. The molecule has 1 aromatic rings. The predicted molar refractivity (Wildman–Crippen MR) is 70.5 cm³/mol. The maximum atomic E-state index is 12.1. The first-order chi connectivity index (χ1) is 9.10. The molecule has 1 fully saturated rings. The molecule has 0 aliphatic carbocycles. The van der Waals surface area contributed by atoms with E-state index in [2.05, 4.69) is 0 Å². The summed E-state index contributed by atoms with van der Waals surface area (Å²) in [5.41, 5.74) is 0. The molecule has 2 rings (SSSR count). The van der Waals surface area contributed by atoms with E-state index in [1.807, 2.05) is 26.0 Å². The molecule has 2 unspecified atom stereocenters. The first-order valence-electron chi connectivity index (χ1n) is 6.37. The third kappa shape index (κ3) is 3.45. The molecule has 2 heterocycles. The summed E-state index contributed by atoms with van der Waals surface area (Å²) in [6, 6.07) is 3.68. The monoisotopic (exact) mass is 265 g/mol. The Kier molecular flexibility index (Phi) is 4.39. The van der Waals surface area contributed by atoms with Gasteiger partial charge in [0, 0.05) is 12.6 Å². The van der Waals surface area contributed by atoms with Crippen LogP contribution in [0.15, 0.2) is 22.6 Å². The minimum Gasteiger partial charge on any atom is -0.462 e. The summed E-state index contributed by atoms with van der Waals surface area (Å²) in [6.07, 6.45) is 2.86. The van der Waals surface area contributed by atoms with Gasteiger partial charge in [0.2, 0.25) is 5.91 Å². The number of aryl methyl sites for hydroxylation is 1. The van der Waals surface area contributed by atoms with Crippen molar-refractivity contribution in [1.29, 1.82) is 0 Å². The van der Waals surface area contributed by atoms with E-state index in [1.165, 1.54) is 6.08 Å². The lowest BCUT2D eigenvalue weighted by Gasteiger charge is -2.36. The molecule has 1 saturated heterocycles. The van der Waals surface area contributed by atoms with E-state index >= 15 is 0 Å². The minimum absolute atomic E-state index is 0.0123. The van der Waals surface area contributed by atoms with Gasteiger partial charge in [-0.15, -0.1) is 0 Å². The molecule has 1 aliphatic rings. The van der Waals surface area contributed by atoms with Crippen LogP contribution in [0.2, 0.25) is 0 Å². The van der Waals surface area contributed by atoms with Gasteiger partial charge in [-0.05, 0) is 32.1 Å². The Balaban J connectivity index is 2.00. The van der Waals surface area contributed by atoms with Crippen molar-refractivity contribution >= 4 is 12.0 Å². The van der Waals surface area contributed by atoms with Crippen molar-refractivity contribution in [2.24, 2.45) is 0 Å². The summed E-state index contributed by atoms with van der Waals surface area (Å²) in [5, 5.41) is 9.09. The Morgan fingerprint density at radius 3 is 3.00 bits per heavy atom. The van der Waals surface area contributed by atoms with Crippen LogP contribution >= 0.6 is 0 Å². The van der Waals surface area contributed by atoms with Crippen molar-refractivity contribution in [3.05, 3.63) is 29.7 Å². The summed E-state index contributed by atoms with van der Waals surface area (Å²) in [4.78, 5) is 13.8. The van der Waals surface area contributed by atoms with Gasteiger partial charge in [-0.1, -0.05) is 0 Å². The molecule has 5 heteroatoms. The number of nitrogens with zero attached hydrogens (tertiary/aromatic N) is 1. The molecule has 19 heavy (non-hydrogen) atoms. The molecular formula is C14H19NO4. The van der Waals surface area contributed by atoms with E-state index in [1.54, 1.807) is 11.0 Å². The molecule has 0 saturated carbocycles. The number of morpholine rings is 1. The van der Waals surface area contributed by atoms with Crippen LogP contribution in [0, 0.1) is 6.92 Å². The number of furan rings is 1. The molecule has 5 nitrogen and oxygen atoms in total. The van der Waals surface area contributed by atoms with Crippen molar-refractivity contribution in [3.8, 4) is 0 Å². The van der Waals surface area contributed by atoms with Gasteiger partial charge in [-0.3, -0.25) is 4.79 Å². The van der Waals surface area contributed by atoms with Crippen LogP contribution in [0.1, 0.15) is 18.4 Å². The normalized spacial score (nSPS) is 24.1. The summed E-state index contributed by atoms with van der Waals surface area (Å²) >= 11 is 0. The second-order valence-electron chi connectivity index (χ2n) is 4.76. The molecular weight excluding hydrogens is 246 g/mol. The van der Waals surface area contributed by atoms with Gasteiger partial charge in [0.1, 0.15) is 11.5 Å². The second-order valence-corrected chi connectivity index (χ2v) is 4.76. The van der Waals surface area contributed by atoms with E-state index in [9.17, 15) is 4.79 Å². The number of ether oxygens (including phenoxy) is 1. The smallest absolute Gasteiger partial charge is 0.247 e. The van der Waals surface area contributed by atoms with E-state index in [0.29, 0.717) is 18.9 Å². The fourth-order valence-electron chi connectivity index (χ4n) is 2.03. The molecule has 0 spiro atoms. The number of carbonyl (C=O) groups is 1. The van der Waals surface area contributed by atoms with E-state index in [-0.39, 0.29) is 24.7 Å². The van der Waals surface area contributed by atoms with Gasteiger partial charge in [0.25, 0.3) is 0 Å². The van der Waals surface area contributed by atoms with Gasteiger partial charge in [0.15, 0.2) is 0 Å². The highest BCUT2D eigenvalue weighted by Crippen LogP contribution is 2.13. The third-order valence-corrected chi connectivity index (χ3v) is 3.14. The van der Waals surface area contributed by atoms with Crippen LogP contribution in [0.25, 0.3) is 6.08 Å². The predicted octanol–water partition coefficient (Wildman–Crippen LogP) is 1.21. The lowest BCUT2D eigenvalue weighted by atomic mass is 10.2. The zero-order valence-corrected chi connectivity index (χ0v) is 11.2. The Labute approximate surface area is 112 Å². The highest BCUT2D eigenvalue weighted by Gasteiger charge is 2.27. The van der Waals surface area contributed by atoms with Gasteiger partial charge < -0.3 is 19.2 Å². The van der Waals surface area contributed by atoms with Crippen molar-refractivity contribution in [1.82, 2.24) is 4.90 Å². The Bertz CT molecular complexity index is 466.